The van der Waals surface area contributed by atoms with E-state index in [-0.39, 0.29) is 0 Å². The molecule has 22 heavy (non-hydrogen) atoms. The average molecular weight is 353 g/mol. The second-order valence-electron chi connectivity index (χ2n) is 4.39. The van der Waals surface area contributed by atoms with Gasteiger partial charge in [-0.2, -0.15) is 0 Å². The quantitative estimate of drug-likeness (QED) is 0.322. The first-order valence-corrected chi connectivity index (χ1v) is 10.2. The van der Waals surface area contributed by atoms with Crippen molar-refractivity contribution in [3.8, 4) is 0 Å². The van der Waals surface area contributed by atoms with E-state index in [9.17, 15) is 4.57 Å². The van der Waals surface area contributed by atoms with Gasteiger partial charge in [-0.05, 0) is 11.1 Å². The van der Waals surface area contributed by atoms with E-state index in [2.05, 4.69) is 24.3 Å². The molecule has 0 radical (unpaired) electrons. The monoisotopic (exact) mass is 353 g/mol. The van der Waals surface area contributed by atoms with Gasteiger partial charge in [0.2, 0.25) is 0 Å². The summed E-state index contributed by atoms with van der Waals surface area (Å²) in [7, 11) is -2.03. The standard InChI is InChI=1S/C16H18O3PS2/c17-20(18-13-21-11-15-7-3-1-4-8-15)19-14-22-12-16-9-5-2-6-10-16/h1-10H,11-14H2/q+1. The van der Waals surface area contributed by atoms with Gasteiger partial charge in [-0.1, -0.05) is 60.7 Å². The van der Waals surface area contributed by atoms with Gasteiger partial charge in [0.05, 0.1) is 0 Å². The Hall–Kier alpha value is -0.840. The van der Waals surface area contributed by atoms with Crippen LogP contribution in [-0.2, 0) is 25.1 Å². The number of rotatable bonds is 10. The lowest BCUT2D eigenvalue weighted by Gasteiger charge is -1.98. The summed E-state index contributed by atoms with van der Waals surface area (Å²) in [6.07, 6.45) is 0. The summed E-state index contributed by atoms with van der Waals surface area (Å²) in [5, 5.41) is 0. The molecule has 0 amide bonds. The van der Waals surface area contributed by atoms with Crippen LogP contribution in [0.2, 0.25) is 0 Å². The highest BCUT2D eigenvalue weighted by molar-refractivity contribution is 7.98. The minimum absolute atomic E-state index is 0.369. The van der Waals surface area contributed by atoms with Gasteiger partial charge in [0, 0.05) is 16.1 Å². The van der Waals surface area contributed by atoms with Crippen molar-refractivity contribution in [2.24, 2.45) is 0 Å². The highest BCUT2D eigenvalue weighted by atomic mass is 32.2. The van der Waals surface area contributed by atoms with Gasteiger partial charge >= 0.3 is 8.25 Å². The van der Waals surface area contributed by atoms with Gasteiger partial charge in [-0.25, -0.2) is 0 Å². The molecule has 0 heterocycles. The second kappa shape index (κ2) is 10.8. The van der Waals surface area contributed by atoms with Gasteiger partial charge in [-0.3, -0.25) is 0 Å². The minimum atomic E-state index is -2.03. The average Bonchev–Trinajstić information content (AvgIpc) is 2.57. The molecule has 0 aliphatic carbocycles. The maximum atomic E-state index is 11.5. The largest absolute Gasteiger partial charge is 0.699 e. The van der Waals surface area contributed by atoms with Crippen molar-refractivity contribution in [1.82, 2.24) is 0 Å². The van der Waals surface area contributed by atoms with Gasteiger partial charge in [0.1, 0.15) is 0 Å². The third kappa shape index (κ3) is 7.43. The Morgan fingerprint density at radius 2 is 1.14 bits per heavy atom. The summed E-state index contributed by atoms with van der Waals surface area (Å²) < 4.78 is 21.8. The Balaban J connectivity index is 1.49. The Bertz CT molecular complexity index is 502. The molecule has 0 aliphatic heterocycles. The molecule has 6 heteroatoms. The molecule has 2 aromatic carbocycles. The van der Waals surface area contributed by atoms with E-state index in [0.29, 0.717) is 11.9 Å². The molecule has 0 aromatic heterocycles. The van der Waals surface area contributed by atoms with E-state index in [4.69, 9.17) is 9.05 Å². The Labute approximate surface area is 140 Å². The van der Waals surface area contributed by atoms with Gasteiger partial charge < -0.3 is 0 Å². The molecule has 116 valence electrons. The highest BCUT2D eigenvalue weighted by Gasteiger charge is 2.19. The van der Waals surface area contributed by atoms with E-state index in [0.717, 1.165) is 11.5 Å². The highest BCUT2D eigenvalue weighted by Crippen LogP contribution is 2.28. The summed E-state index contributed by atoms with van der Waals surface area (Å²) in [5.74, 6) is 2.42. The van der Waals surface area contributed by atoms with Crippen LogP contribution in [0.4, 0.5) is 0 Å². The van der Waals surface area contributed by atoms with Crippen molar-refractivity contribution in [3.05, 3.63) is 71.8 Å². The van der Waals surface area contributed by atoms with Gasteiger partial charge in [0.15, 0.2) is 11.9 Å². The van der Waals surface area contributed by atoms with Crippen molar-refractivity contribution in [1.29, 1.82) is 0 Å². The molecule has 0 atom stereocenters. The van der Waals surface area contributed by atoms with Crippen LogP contribution in [0, 0.1) is 0 Å². The summed E-state index contributed by atoms with van der Waals surface area (Å²) in [6, 6.07) is 20.2. The molecule has 3 nitrogen and oxygen atoms in total. The lowest BCUT2D eigenvalue weighted by Crippen LogP contribution is -1.88. The van der Waals surface area contributed by atoms with Crippen LogP contribution >= 0.6 is 31.8 Å². The summed E-state index contributed by atoms with van der Waals surface area (Å²) in [4.78, 5) is 0. The van der Waals surface area contributed by atoms with E-state index in [1.54, 1.807) is 23.5 Å². The molecule has 2 aromatic rings. The van der Waals surface area contributed by atoms with Crippen molar-refractivity contribution < 1.29 is 13.6 Å². The predicted molar refractivity (Wildman–Crippen MR) is 95.0 cm³/mol. The van der Waals surface area contributed by atoms with Gasteiger partial charge in [0.25, 0.3) is 0 Å². The molecule has 2 rings (SSSR count). The number of benzene rings is 2. The number of hydrogen-bond acceptors (Lipinski definition) is 5. The van der Waals surface area contributed by atoms with Crippen LogP contribution in [0.1, 0.15) is 11.1 Å². The SMILES string of the molecule is O=[P+](OCSCc1ccccc1)OCSCc1ccccc1. The second-order valence-corrected chi connectivity index (χ2v) is 7.21. The van der Waals surface area contributed by atoms with Crippen molar-refractivity contribution in [2.45, 2.75) is 11.5 Å². The molecule has 0 aliphatic rings. The zero-order chi connectivity index (χ0) is 15.5. The summed E-state index contributed by atoms with van der Waals surface area (Å²) in [5.41, 5.74) is 2.45. The Morgan fingerprint density at radius 1 is 0.727 bits per heavy atom. The smallest absolute Gasteiger partial charge is 0.124 e. The Morgan fingerprint density at radius 3 is 1.55 bits per heavy atom. The zero-order valence-corrected chi connectivity index (χ0v) is 14.6. The van der Waals surface area contributed by atoms with Crippen LogP contribution in [-0.4, -0.2) is 11.9 Å². The first-order chi connectivity index (χ1) is 10.8. The third-order valence-corrected chi connectivity index (χ3v) is 5.38. The van der Waals surface area contributed by atoms with Gasteiger partial charge in [-0.15, -0.1) is 32.6 Å². The van der Waals surface area contributed by atoms with Crippen LogP contribution in [0.3, 0.4) is 0 Å². The fourth-order valence-corrected chi connectivity index (χ4v) is 4.05. The van der Waals surface area contributed by atoms with E-state index in [1.165, 1.54) is 11.1 Å². The van der Waals surface area contributed by atoms with Crippen molar-refractivity contribution in [2.75, 3.05) is 11.9 Å². The topological polar surface area (TPSA) is 35.5 Å². The molecule has 0 unspecified atom stereocenters. The third-order valence-electron chi connectivity index (χ3n) is 2.71. The van der Waals surface area contributed by atoms with E-state index >= 15 is 0 Å². The molecule has 0 fully saturated rings. The first kappa shape index (κ1) is 17.5. The normalized spacial score (nSPS) is 10.5. The van der Waals surface area contributed by atoms with Crippen LogP contribution in [0.15, 0.2) is 60.7 Å². The molecular weight excluding hydrogens is 335 g/mol. The molecule has 0 saturated heterocycles. The molecule has 0 saturated carbocycles. The summed E-state index contributed by atoms with van der Waals surface area (Å²) >= 11 is 3.16. The first-order valence-electron chi connectivity index (χ1n) is 6.81. The van der Waals surface area contributed by atoms with Crippen molar-refractivity contribution in [3.63, 3.8) is 0 Å². The van der Waals surface area contributed by atoms with Crippen LogP contribution in [0.5, 0.6) is 0 Å². The Kier molecular flexibility index (Phi) is 8.61. The molecular formula is C16H18O3PS2+. The van der Waals surface area contributed by atoms with Crippen LogP contribution in [0.25, 0.3) is 0 Å². The predicted octanol–water partition coefficient (Wildman–Crippen LogP) is 5.46. The zero-order valence-electron chi connectivity index (χ0n) is 12.1. The molecule has 0 bridgehead atoms. The fraction of sp³-hybridized carbons (Fsp3) is 0.250. The number of hydrogen-bond donors (Lipinski definition) is 0. The lowest BCUT2D eigenvalue weighted by atomic mass is 10.2. The van der Waals surface area contributed by atoms with Crippen LogP contribution < -0.4 is 0 Å². The lowest BCUT2D eigenvalue weighted by molar-refractivity contribution is 0.285. The van der Waals surface area contributed by atoms with E-state index < -0.39 is 8.25 Å². The van der Waals surface area contributed by atoms with Crippen molar-refractivity contribution >= 4 is 31.8 Å². The number of thioether (sulfide) groups is 2. The molecule has 0 spiro atoms. The summed E-state index contributed by atoms with van der Waals surface area (Å²) in [6.45, 7) is 0. The molecule has 0 N–H and O–H groups in total. The fourth-order valence-electron chi connectivity index (χ4n) is 1.67. The maximum absolute atomic E-state index is 11.5. The minimum Gasteiger partial charge on any atom is -0.124 e. The van der Waals surface area contributed by atoms with E-state index in [1.807, 2.05) is 36.4 Å². The maximum Gasteiger partial charge on any atom is 0.699 e.